The first-order valence-electron chi connectivity index (χ1n) is 8.39. The van der Waals surface area contributed by atoms with E-state index in [2.05, 4.69) is 25.6 Å². The van der Waals surface area contributed by atoms with Crippen molar-refractivity contribution in [2.24, 2.45) is 5.92 Å². The van der Waals surface area contributed by atoms with Crippen LogP contribution in [-0.2, 0) is 24.2 Å². The van der Waals surface area contributed by atoms with Crippen molar-refractivity contribution in [2.45, 2.75) is 39.7 Å². The number of aryl methyl sites for hydroxylation is 3. The molecule has 0 bridgehead atoms. The summed E-state index contributed by atoms with van der Waals surface area (Å²) in [5, 5.41) is 12.8. The van der Waals surface area contributed by atoms with E-state index in [4.69, 9.17) is 0 Å². The molecule has 3 aromatic rings. The highest BCUT2D eigenvalue weighted by Gasteiger charge is 2.26. The Bertz CT molecular complexity index is 1010. The van der Waals surface area contributed by atoms with Crippen molar-refractivity contribution in [2.75, 3.05) is 0 Å². The van der Waals surface area contributed by atoms with Gasteiger partial charge in [0.25, 0.3) is 5.56 Å². The Balaban J connectivity index is 1.51. The van der Waals surface area contributed by atoms with Gasteiger partial charge in [0.05, 0.1) is 6.20 Å². The lowest BCUT2D eigenvalue weighted by atomic mass is 9.87. The van der Waals surface area contributed by atoms with Gasteiger partial charge in [0.15, 0.2) is 5.65 Å². The van der Waals surface area contributed by atoms with E-state index in [1.54, 1.807) is 4.52 Å². The summed E-state index contributed by atoms with van der Waals surface area (Å²) in [4.78, 5) is 28.5. The van der Waals surface area contributed by atoms with E-state index in [1.807, 2.05) is 20.0 Å². The fourth-order valence-electron chi connectivity index (χ4n) is 3.57. The second-order valence-electron chi connectivity index (χ2n) is 6.61. The highest BCUT2D eigenvalue weighted by Crippen LogP contribution is 2.24. The molecule has 0 aliphatic heterocycles. The standard InChI is InChI=1S/C17H20N6O2/c1-9-13(10(2)23-15(20-9)6-16(24)22-23)8-18-17(25)11-3-4-14-12(5-11)7-19-21-14/h6-7,11H,3-5,8H2,1-2H3,(H,18,25)(H,19,21)(H,22,24)/t11-/m0/s1. The number of amides is 1. The van der Waals surface area contributed by atoms with Gasteiger partial charge < -0.3 is 5.32 Å². The molecule has 3 N–H and O–H groups in total. The van der Waals surface area contributed by atoms with Crippen LogP contribution in [0.4, 0.5) is 0 Å². The molecule has 3 aromatic heterocycles. The number of aromatic amines is 2. The maximum absolute atomic E-state index is 12.6. The highest BCUT2D eigenvalue weighted by atomic mass is 16.2. The predicted molar refractivity (Wildman–Crippen MR) is 91.2 cm³/mol. The van der Waals surface area contributed by atoms with Crippen LogP contribution >= 0.6 is 0 Å². The van der Waals surface area contributed by atoms with Crippen molar-refractivity contribution in [3.8, 4) is 0 Å². The van der Waals surface area contributed by atoms with Crippen LogP contribution in [0.5, 0.6) is 0 Å². The van der Waals surface area contributed by atoms with Crippen LogP contribution in [0, 0.1) is 19.8 Å². The summed E-state index contributed by atoms with van der Waals surface area (Å²) in [6.45, 7) is 4.20. The second kappa shape index (κ2) is 5.87. The molecule has 0 spiro atoms. The lowest BCUT2D eigenvalue weighted by molar-refractivity contribution is -0.125. The third kappa shape index (κ3) is 2.73. The van der Waals surface area contributed by atoms with E-state index in [1.165, 1.54) is 6.07 Å². The van der Waals surface area contributed by atoms with Gasteiger partial charge in [-0.3, -0.25) is 19.8 Å². The van der Waals surface area contributed by atoms with Crippen molar-refractivity contribution in [1.29, 1.82) is 0 Å². The largest absolute Gasteiger partial charge is 0.352 e. The van der Waals surface area contributed by atoms with E-state index in [-0.39, 0.29) is 17.4 Å². The van der Waals surface area contributed by atoms with Gasteiger partial charge in [0.1, 0.15) is 0 Å². The van der Waals surface area contributed by atoms with Gasteiger partial charge in [-0.2, -0.15) is 5.10 Å². The Hall–Kier alpha value is -2.90. The molecule has 8 heteroatoms. The zero-order valence-corrected chi connectivity index (χ0v) is 14.2. The summed E-state index contributed by atoms with van der Waals surface area (Å²) < 4.78 is 1.66. The van der Waals surface area contributed by atoms with Crippen molar-refractivity contribution >= 4 is 11.6 Å². The lowest BCUT2D eigenvalue weighted by Crippen LogP contribution is -2.34. The molecule has 0 fully saturated rings. The number of nitrogens with zero attached hydrogens (tertiary/aromatic N) is 3. The normalized spacial score (nSPS) is 16.8. The molecule has 0 aromatic carbocycles. The smallest absolute Gasteiger partial charge is 0.266 e. The molecule has 0 unspecified atom stereocenters. The third-order valence-electron chi connectivity index (χ3n) is 5.03. The summed E-state index contributed by atoms with van der Waals surface area (Å²) in [6, 6.07) is 1.47. The van der Waals surface area contributed by atoms with Gasteiger partial charge in [0, 0.05) is 41.2 Å². The number of carbonyl (C=O) groups is 1. The van der Waals surface area contributed by atoms with E-state index in [9.17, 15) is 9.59 Å². The number of hydrogen-bond acceptors (Lipinski definition) is 4. The lowest BCUT2D eigenvalue weighted by Gasteiger charge is -2.21. The molecule has 1 atom stereocenters. The van der Waals surface area contributed by atoms with Crippen LogP contribution in [-0.4, -0.2) is 30.7 Å². The minimum Gasteiger partial charge on any atom is -0.352 e. The van der Waals surface area contributed by atoms with Gasteiger partial charge in [-0.05, 0) is 38.7 Å². The Morgan fingerprint density at radius 1 is 1.44 bits per heavy atom. The molecular weight excluding hydrogens is 320 g/mol. The van der Waals surface area contributed by atoms with Gasteiger partial charge >= 0.3 is 0 Å². The molecule has 3 heterocycles. The van der Waals surface area contributed by atoms with Crippen molar-refractivity contribution in [1.82, 2.24) is 30.1 Å². The van der Waals surface area contributed by atoms with Crippen molar-refractivity contribution < 1.29 is 4.79 Å². The Kier molecular flexibility index (Phi) is 3.67. The molecule has 130 valence electrons. The van der Waals surface area contributed by atoms with Crippen molar-refractivity contribution in [3.63, 3.8) is 0 Å². The molecule has 0 saturated carbocycles. The van der Waals surface area contributed by atoms with Crippen LogP contribution in [0.15, 0.2) is 17.1 Å². The predicted octanol–water partition coefficient (Wildman–Crippen LogP) is 0.784. The third-order valence-corrected chi connectivity index (χ3v) is 5.03. The number of H-pyrrole nitrogens is 2. The first-order valence-corrected chi connectivity index (χ1v) is 8.39. The first kappa shape index (κ1) is 15.6. The molecule has 1 amide bonds. The zero-order chi connectivity index (χ0) is 17.6. The van der Waals surface area contributed by atoms with Gasteiger partial charge in [-0.1, -0.05) is 0 Å². The summed E-state index contributed by atoms with van der Waals surface area (Å²) in [5.74, 6) is 0.0144. The minimum atomic E-state index is -0.186. The first-order chi connectivity index (χ1) is 12.0. The summed E-state index contributed by atoms with van der Waals surface area (Å²) in [7, 11) is 0. The fraction of sp³-hybridized carbons (Fsp3) is 0.412. The van der Waals surface area contributed by atoms with Crippen molar-refractivity contribution in [3.05, 3.63) is 50.8 Å². The average Bonchev–Trinajstić information content (AvgIpc) is 3.19. The molecular formula is C17H20N6O2. The summed E-state index contributed by atoms with van der Waals surface area (Å²) >= 11 is 0. The second-order valence-corrected chi connectivity index (χ2v) is 6.61. The summed E-state index contributed by atoms with van der Waals surface area (Å²) in [5.41, 5.74) is 5.30. The van der Waals surface area contributed by atoms with E-state index < -0.39 is 0 Å². The molecule has 0 radical (unpaired) electrons. The minimum absolute atomic E-state index is 0.0335. The average molecular weight is 340 g/mol. The number of rotatable bonds is 3. The number of aromatic nitrogens is 5. The van der Waals surface area contributed by atoms with Crippen LogP contribution in [0.2, 0.25) is 0 Å². The highest BCUT2D eigenvalue weighted by molar-refractivity contribution is 5.79. The van der Waals surface area contributed by atoms with Crippen LogP contribution in [0.3, 0.4) is 0 Å². The zero-order valence-electron chi connectivity index (χ0n) is 14.2. The fourth-order valence-corrected chi connectivity index (χ4v) is 3.57. The Morgan fingerprint density at radius 2 is 2.28 bits per heavy atom. The van der Waals surface area contributed by atoms with Crippen LogP contribution in [0.1, 0.15) is 34.6 Å². The maximum Gasteiger partial charge on any atom is 0.266 e. The topological polar surface area (TPSA) is 108 Å². The van der Waals surface area contributed by atoms with E-state index in [0.29, 0.717) is 12.2 Å². The number of hydrogen-bond donors (Lipinski definition) is 3. The number of fused-ring (bicyclic) bond motifs is 2. The molecule has 0 saturated heterocycles. The Morgan fingerprint density at radius 3 is 3.12 bits per heavy atom. The number of nitrogens with one attached hydrogen (secondary N) is 3. The molecule has 1 aliphatic rings. The van der Waals surface area contributed by atoms with Gasteiger partial charge in [0.2, 0.25) is 5.91 Å². The van der Waals surface area contributed by atoms with Crippen LogP contribution in [0.25, 0.3) is 5.65 Å². The molecule has 25 heavy (non-hydrogen) atoms. The van der Waals surface area contributed by atoms with E-state index in [0.717, 1.165) is 47.5 Å². The van der Waals surface area contributed by atoms with Crippen LogP contribution < -0.4 is 10.9 Å². The Labute approximate surface area is 143 Å². The molecule has 8 nitrogen and oxygen atoms in total. The molecule has 1 aliphatic carbocycles. The van der Waals surface area contributed by atoms with Gasteiger partial charge in [-0.15, -0.1) is 0 Å². The number of carbonyl (C=O) groups excluding carboxylic acids is 1. The summed E-state index contributed by atoms with van der Waals surface area (Å²) in [6.07, 6.45) is 4.20. The monoisotopic (exact) mass is 340 g/mol. The van der Waals surface area contributed by atoms with Gasteiger partial charge in [-0.25, -0.2) is 9.50 Å². The SMILES string of the molecule is Cc1nc2cc(=O)[nH]n2c(C)c1CNC(=O)[C@H]1CCc2[nH]ncc2C1. The quantitative estimate of drug-likeness (QED) is 0.655. The molecule has 4 rings (SSSR count). The van der Waals surface area contributed by atoms with E-state index >= 15 is 0 Å². The maximum atomic E-state index is 12.6.